The molecule has 9 nitrogen and oxygen atoms in total. The number of esters is 1. The third-order valence-corrected chi connectivity index (χ3v) is 8.15. The molecule has 43 heavy (non-hydrogen) atoms. The molecule has 240 valence electrons. The largest absolute Gasteiger partial charge is 0.494 e. The summed E-state index contributed by atoms with van der Waals surface area (Å²) in [5.74, 6) is 0.816. The first-order valence-electron chi connectivity index (χ1n) is 16.8. The molecule has 0 spiro atoms. The number of hydrogen-bond acceptors (Lipinski definition) is 7. The van der Waals surface area contributed by atoms with E-state index >= 15 is 0 Å². The van der Waals surface area contributed by atoms with Gasteiger partial charge in [-0.15, -0.1) is 0 Å². The number of amides is 2. The molecule has 0 saturated heterocycles. The molecule has 1 heterocycles. The summed E-state index contributed by atoms with van der Waals surface area (Å²) in [6.45, 7) is 8.75. The average Bonchev–Trinajstić information content (AvgIpc) is 3.51. The van der Waals surface area contributed by atoms with Gasteiger partial charge in [0.25, 0.3) is 0 Å². The van der Waals surface area contributed by atoms with Crippen LogP contribution in [0.5, 0.6) is 5.75 Å². The number of hydrogen-bond donors (Lipinski definition) is 1. The summed E-state index contributed by atoms with van der Waals surface area (Å²) in [4.78, 5) is 46.4. The molecule has 1 aromatic carbocycles. The lowest BCUT2D eigenvalue weighted by molar-refractivity contribution is -0.149. The van der Waals surface area contributed by atoms with Gasteiger partial charge in [-0.1, -0.05) is 59.3 Å². The molecular formula is C34H54N4O5. The number of unbranched alkanes of at least 4 members (excludes halogenated alkanes) is 6. The smallest absolute Gasteiger partial charge is 0.325 e. The standard InChI is InChI=1S/C34H54N4O5/c1-4-7-9-13-21-37(22-14-10-8-5-2)32(40)18-15-23-42-29-19-20-30-27(24-29)25-38(34(35-30)36-31(39)6-3)26-33(41)43-28-16-11-12-17-28/h19-20,24,28H,4-18,21-23,25-26H2,1-3H3,(H,35,36,39). The quantitative estimate of drug-likeness (QED) is 0.141. The molecule has 1 aliphatic carbocycles. The lowest BCUT2D eigenvalue weighted by Gasteiger charge is -2.30. The van der Waals surface area contributed by atoms with Crippen LogP contribution in [0.4, 0.5) is 5.69 Å². The number of aliphatic imine (C=N–C) groups is 1. The molecular weight excluding hydrogens is 544 g/mol. The molecule has 0 bridgehead atoms. The van der Waals surface area contributed by atoms with E-state index in [0.717, 1.165) is 62.9 Å². The maximum absolute atomic E-state index is 13.0. The maximum atomic E-state index is 13.0. The highest BCUT2D eigenvalue weighted by atomic mass is 16.5. The zero-order valence-electron chi connectivity index (χ0n) is 26.8. The van der Waals surface area contributed by atoms with Gasteiger partial charge in [0.15, 0.2) is 0 Å². The lowest BCUT2D eigenvalue weighted by Crippen LogP contribution is -2.47. The van der Waals surface area contributed by atoms with Crippen LogP contribution in [0.25, 0.3) is 0 Å². The molecule has 1 N–H and O–H groups in total. The lowest BCUT2D eigenvalue weighted by atomic mass is 10.1. The zero-order valence-corrected chi connectivity index (χ0v) is 26.8. The van der Waals surface area contributed by atoms with E-state index in [1.165, 1.54) is 38.5 Å². The molecule has 9 heteroatoms. The van der Waals surface area contributed by atoms with Gasteiger partial charge in [-0.2, -0.15) is 0 Å². The Balaban J connectivity index is 1.54. The second-order valence-corrected chi connectivity index (χ2v) is 11.8. The number of guanidine groups is 1. The van der Waals surface area contributed by atoms with Gasteiger partial charge >= 0.3 is 5.97 Å². The van der Waals surface area contributed by atoms with Gasteiger partial charge in [-0.3, -0.25) is 19.7 Å². The molecule has 2 amide bonds. The van der Waals surface area contributed by atoms with Crippen LogP contribution in [0.2, 0.25) is 0 Å². The predicted octanol–water partition coefficient (Wildman–Crippen LogP) is 6.65. The van der Waals surface area contributed by atoms with Crippen molar-refractivity contribution in [2.45, 2.75) is 130 Å². The molecule has 3 rings (SSSR count). The number of carbonyl (C=O) groups excluding carboxylic acids is 3. The first-order chi connectivity index (χ1) is 20.9. The maximum Gasteiger partial charge on any atom is 0.325 e. The second kappa shape index (κ2) is 19.2. The summed E-state index contributed by atoms with van der Waals surface area (Å²) in [6, 6.07) is 5.67. The van der Waals surface area contributed by atoms with Crippen molar-refractivity contribution >= 4 is 29.4 Å². The van der Waals surface area contributed by atoms with Crippen LogP contribution < -0.4 is 10.1 Å². The number of rotatable bonds is 19. The van der Waals surface area contributed by atoms with Gasteiger partial charge in [0.05, 0.1) is 12.3 Å². The fourth-order valence-electron chi connectivity index (χ4n) is 5.58. The van der Waals surface area contributed by atoms with Crippen LogP contribution in [-0.2, 0) is 25.7 Å². The van der Waals surface area contributed by atoms with E-state index < -0.39 is 0 Å². The zero-order chi connectivity index (χ0) is 30.9. The van der Waals surface area contributed by atoms with Gasteiger partial charge in [-0.05, 0) is 63.1 Å². The number of fused-ring (bicyclic) bond motifs is 1. The summed E-state index contributed by atoms with van der Waals surface area (Å²) in [7, 11) is 0. The van der Waals surface area contributed by atoms with Crippen molar-refractivity contribution in [1.29, 1.82) is 0 Å². The van der Waals surface area contributed by atoms with E-state index in [0.29, 0.717) is 44.1 Å². The first kappa shape index (κ1) is 34.4. The topological polar surface area (TPSA) is 101 Å². The molecule has 1 aliphatic heterocycles. The van der Waals surface area contributed by atoms with Crippen molar-refractivity contribution in [1.82, 2.24) is 15.1 Å². The highest BCUT2D eigenvalue weighted by Gasteiger charge is 2.26. The van der Waals surface area contributed by atoms with Gasteiger partial charge < -0.3 is 19.3 Å². The fourth-order valence-corrected chi connectivity index (χ4v) is 5.58. The van der Waals surface area contributed by atoms with Crippen LogP contribution in [-0.4, -0.2) is 65.9 Å². The molecule has 2 aliphatic rings. The Bertz CT molecular complexity index is 1040. The molecule has 1 aromatic rings. The summed E-state index contributed by atoms with van der Waals surface area (Å²) >= 11 is 0. The van der Waals surface area contributed by atoms with Gasteiger partial charge in [-0.25, -0.2) is 4.99 Å². The van der Waals surface area contributed by atoms with E-state index in [9.17, 15) is 14.4 Å². The van der Waals surface area contributed by atoms with Gasteiger partial charge in [0.1, 0.15) is 18.4 Å². The highest BCUT2D eigenvalue weighted by molar-refractivity contribution is 5.99. The molecule has 0 aromatic heterocycles. The Labute approximate surface area is 258 Å². The number of carbonyl (C=O) groups is 3. The normalized spacial score (nSPS) is 14.7. The van der Waals surface area contributed by atoms with E-state index in [4.69, 9.17) is 9.47 Å². The van der Waals surface area contributed by atoms with Gasteiger partial charge in [0, 0.05) is 38.0 Å². The van der Waals surface area contributed by atoms with E-state index in [1.54, 1.807) is 11.8 Å². The van der Waals surface area contributed by atoms with Crippen molar-refractivity contribution in [3.8, 4) is 5.75 Å². The van der Waals surface area contributed by atoms with Gasteiger partial charge in [0.2, 0.25) is 17.8 Å². The van der Waals surface area contributed by atoms with Crippen LogP contribution >= 0.6 is 0 Å². The summed E-state index contributed by atoms with van der Waals surface area (Å²) in [5.41, 5.74) is 1.64. The third kappa shape index (κ3) is 12.2. The van der Waals surface area contributed by atoms with E-state index in [1.807, 2.05) is 18.2 Å². The van der Waals surface area contributed by atoms with Crippen LogP contribution in [0.15, 0.2) is 23.2 Å². The van der Waals surface area contributed by atoms with Crippen LogP contribution in [0, 0.1) is 0 Å². The SMILES string of the molecule is CCCCCCN(CCCCCC)C(=O)CCCOc1ccc2c(c1)CN(CC(=O)OC1CCCC1)C(NC(=O)CC)=N2. The number of nitrogens with zero attached hydrogens (tertiary/aromatic N) is 3. The Morgan fingerprint density at radius 2 is 1.65 bits per heavy atom. The predicted molar refractivity (Wildman–Crippen MR) is 170 cm³/mol. The van der Waals surface area contributed by atoms with Crippen LogP contribution in [0.1, 0.15) is 123 Å². The number of nitrogens with one attached hydrogen (secondary N) is 1. The Morgan fingerprint density at radius 1 is 0.953 bits per heavy atom. The Kier molecular flexibility index (Phi) is 15.4. The molecule has 0 unspecified atom stereocenters. The van der Waals surface area contributed by atoms with E-state index in [2.05, 4.69) is 29.1 Å². The van der Waals surface area contributed by atoms with E-state index in [-0.39, 0.29) is 30.4 Å². The van der Waals surface area contributed by atoms with Crippen molar-refractivity contribution < 1.29 is 23.9 Å². The average molecular weight is 599 g/mol. The van der Waals surface area contributed by atoms with Crippen molar-refractivity contribution in [3.05, 3.63) is 23.8 Å². The Morgan fingerprint density at radius 3 is 2.30 bits per heavy atom. The molecule has 1 saturated carbocycles. The minimum Gasteiger partial charge on any atom is -0.494 e. The molecule has 0 radical (unpaired) electrons. The van der Waals surface area contributed by atoms with Crippen molar-refractivity contribution in [2.75, 3.05) is 26.2 Å². The molecule has 1 fully saturated rings. The minimum atomic E-state index is -0.310. The third-order valence-electron chi connectivity index (χ3n) is 8.15. The second-order valence-electron chi connectivity index (χ2n) is 11.8. The first-order valence-corrected chi connectivity index (χ1v) is 16.8. The minimum absolute atomic E-state index is 0.0132. The summed E-state index contributed by atoms with van der Waals surface area (Å²) < 4.78 is 11.7. The monoisotopic (exact) mass is 598 g/mol. The number of ether oxygens (including phenoxy) is 2. The molecule has 0 atom stereocenters. The highest BCUT2D eigenvalue weighted by Crippen LogP contribution is 2.30. The van der Waals surface area contributed by atoms with Crippen molar-refractivity contribution in [3.63, 3.8) is 0 Å². The van der Waals surface area contributed by atoms with Crippen molar-refractivity contribution in [2.24, 2.45) is 4.99 Å². The Hall–Kier alpha value is -3.10. The summed E-state index contributed by atoms with van der Waals surface area (Å²) in [5, 5.41) is 2.83. The van der Waals surface area contributed by atoms with Crippen LogP contribution in [0.3, 0.4) is 0 Å². The summed E-state index contributed by atoms with van der Waals surface area (Å²) in [6.07, 6.45) is 14.7. The fraction of sp³-hybridized carbons (Fsp3) is 0.706. The number of benzene rings is 1.